The second-order valence-electron chi connectivity index (χ2n) is 11.0. The van der Waals surface area contributed by atoms with Gasteiger partial charge in [0.2, 0.25) is 11.0 Å². The average molecular weight is 585 g/mol. The standard InChI is InChI=1S/C34H26N6O4/c41-39(42)27-8-10-33-29(17-27)31-12-14-37(33)21-25-2-1-3-26(16-25)22-38-15-13-32(30-18-28(40(43)44)9-11-34(30)38)36-20-24-6-4-23(5-7-24)19-35-31/h1-18H,19-22H2/p+2. The lowest BCUT2D eigenvalue weighted by Crippen LogP contribution is -2.36. The Morgan fingerprint density at radius 2 is 1.00 bits per heavy atom. The van der Waals surface area contributed by atoms with E-state index in [1.807, 2.05) is 42.7 Å². The molecule has 4 aromatic carbocycles. The Kier molecular flexibility index (Phi) is 6.78. The molecule has 44 heavy (non-hydrogen) atoms. The molecule has 0 saturated heterocycles. The molecule has 10 nitrogen and oxygen atoms in total. The number of non-ortho nitro benzene ring substituents is 2. The van der Waals surface area contributed by atoms with Crippen molar-refractivity contribution >= 4 is 44.6 Å². The van der Waals surface area contributed by atoms with Gasteiger partial charge in [-0.2, -0.15) is 9.13 Å². The number of pyridine rings is 2. The van der Waals surface area contributed by atoms with Crippen molar-refractivity contribution in [3.8, 4) is 0 Å². The normalized spacial score (nSPS) is 12.9. The van der Waals surface area contributed by atoms with E-state index in [9.17, 15) is 20.2 Å². The van der Waals surface area contributed by atoms with Crippen molar-refractivity contribution in [3.05, 3.63) is 152 Å². The highest BCUT2D eigenvalue weighted by Crippen LogP contribution is 2.28. The van der Waals surface area contributed by atoms with Crippen LogP contribution in [-0.4, -0.2) is 9.85 Å². The van der Waals surface area contributed by atoms with Crippen LogP contribution in [0.1, 0.15) is 22.3 Å². The molecule has 6 heterocycles. The Hall–Kier alpha value is -5.90. The van der Waals surface area contributed by atoms with Gasteiger partial charge < -0.3 is 10.6 Å². The zero-order chi connectivity index (χ0) is 30.2. The molecule has 2 N–H and O–H groups in total. The minimum atomic E-state index is -0.366. The third-order valence-corrected chi connectivity index (χ3v) is 8.11. The first-order valence-corrected chi connectivity index (χ1v) is 14.3. The van der Waals surface area contributed by atoms with E-state index >= 15 is 0 Å². The quantitative estimate of drug-likeness (QED) is 0.146. The van der Waals surface area contributed by atoms with Gasteiger partial charge in [-0.1, -0.05) is 42.5 Å². The molecule has 0 saturated carbocycles. The van der Waals surface area contributed by atoms with Crippen LogP contribution in [0.4, 0.5) is 22.7 Å². The second kappa shape index (κ2) is 11.1. The summed E-state index contributed by atoms with van der Waals surface area (Å²) in [5, 5.41) is 31.8. The lowest BCUT2D eigenvalue weighted by Gasteiger charge is -2.11. The monoisotopic (exact) mass is 584 g/mol. The molecular weight excluding hydrogens is 556 g/mol. The van der Waals surface area contributed by atoms with E-state index in [2.05, 4.69) is 62.2 Å². The predicted molar refractivity (Wildman–Crippen MR) is 167 cm³/mol. The number of nitrogens with one attached hydrogen (secondary N) is 2. The summed E-state index contributed by atoms with van der Waals surface area (Å²) in [6.45, 7) is 2.24. The Morgan fingerprint density at radius 1 is 0.545 bits per heavy atom. The minimum Gasteiger partial charge on any atom is -0.380 e. The lowest BCUT2D eigenvalue weighted by atomic mass is 10.1. The van der Waals surface area contributed by atoms with Crippen molar-refractivity contribution in [1.82, 2.24) is 0 Å². The van der Waals surface area contributed by atoms with Crippen molar-refractivity contribution in [1.29, 1.82) is 0 Å². The zero-order valence-corrected chi connectivity index (χ0v) is 23.6. The van der Waals surface area contributed by atoms with Crippen LogP contribution in [-0.2, 0) is 26.2 Å². The maximum atomic E-state index is 11.6. The highest BCUT2D eigenvalue weighted by molar-refractivity contribution is 5.91. The van der Waals surface area contributed by atoms with Crippen molar-refractivity contribution in [3.63, 3.8) is 0 Å². The Bertz CT molecular complexity index is 1950. The molecule has 0 amide bonds. The molecule has 6 aromatic rings. The molecule has 0 spiro atoms. The molecule has 10 rings (SSSR count). The maximum absolute atomic E-state index is 11.6. The molecule has 0 atom stereocenters. The topological polar surface area (TPSA) is 118 Å². The molecule has 4 aliphatic rings. The van der Waals surface area contributed by atoms with E-state index in [4.69, 9.17) is 0 Å². The van der Waals surface area contributed by atoms with Crippen molar-refractivity contribution < 1.29 is 19.0 Å². The van der Waals surface area contributed by atoms with Crippen LogP contribution in [0.5, 0.6) is 0 Å². The second-order valence-corrected chi connectivity index (χ2v) is 11.0. The zero-order valence-electron chi connectivity index (χ0n) is 23.6. The minimum absolute atomic E-state index is 0.0446. The molecule has 0 radical (unpaired) electrons. The molecule has 0 aliphatic carbocycles. The Morgan fingerprint density at radius 3 is 1.43 bits per heavy atom. The first-order chi connectivity index (χ1) is 21.4. The molecule has 216 valence electrons. The molecule has 0 fully saturated rings. The van der Waals surface area contributed by atoms with Crippen LogP contribution in [0.25, 0.3) is 21.8 Å². The van der Waals surface area contributed by atoms with Crippen LogP contribution in [0.2, 0.25) is 0 Å². The largest absolute Gasteiger partial charge is 0.380 e. The summed E-state index contributed by atoms with van der Waals surface area (Å²) in [4.78, 5) is 22.5. The first-order valence-electron chi connectivity index (χ1n) is 14.3. The van der Waals surface area contributed by atoms with Crippen LogP contribution in [0, 0.1) is 20.2 Å². The van der Waals surface area contributed by atoms with Crippen LogP contribution >= 0.6 is 0 Å². The number of fused-ring (bicyclic) bond motifs is 1. The molecule has 10 heteroatoms. The van der Waals surface area contributed by atoms with Gasteiger partial charge in [-0.15, -0.1) is 0 Å². The third kappa shape index (κ3) is 5.24. The maximum Gasteiger partial charge on any atom is 0.270 e. The Balaban J connectivity index is 1.36. The number of hydrogen-bond acceptors (Lipinski definition) is 6. The van der Waals surface area contributed by atoms with E-state index in [0.717, 1.165) is 55.4 Å². The molecule has 0 unspecified atom stereocenters. The van der Waals surface area contributed by atoms with Gasteiger partial charge in [-0.05, 0) is 17.2 Å². The van der Waals surface area contributed by atoms with Crippen LogP contribution < -0.4 is 19.8 Å². The molecule has 8 bridgehead atoms. The lowest BCUT2D eigenvalue weighted by molar-refractivity contribution is -0.663. The predicted octanol–water partition coefficient (Wildman–Crippen LogP) is 6.02. The average Bonchev–Trinajstić information content (AvgIpc) is 3.04. The summed E-state index contributed by atoms with van der Waals surface area (Å²) in [6.07, 6.45) is 4.02. The molecular formula is C34H28N6O4+2. The summed E-state index contributed by atoms with van der Waals surface area (Å²) in [5.41, 5.74) is 7.79. The van der Waals surface area contributed by atoms with Gasteiger partial charge in [0.15, 0.2) is 25.5 Å². The number of rotatable bonds is 2. The van der Waals surface area contributed by atoms with Crippen molar-refractivity contribution in [2.24, 2.45) is 0 Å². The highest BCUT2D eigenvalue weighted by Gasteiger charge is 2.20. The number of nitro benzene ring substituents is 2. The van der Waals surface area contributed by atoms with Crippen molar-refractivity contribution in [2.75, 3.05) is 10.6 Å². The molecule has 2 aromatic heterocycles. The highest BCUT2D eigenvalue weighted by atomic mass is 16.6. The number of nitrogens with zero attached hydrogens (tertiary/aromatic N) is 4. The fourth-order valence-corrected chi connectivity index (χ4v) is 5.85. The van der Waals surface area contributed by atoms with Crippen LogP contribution in [0.3, 0.4) is 0 Å². The van der Waals surface area contributed by atoms with Crippen LogP contribution in [0.15, 0.2) is 109 Å². The first kappa shape index (κ1) is 27.0. The summed E-state index contributed by atoms with van der Waals surface area (Å²) < 4.78 is 4.20. The van der Waals surface area contributed by atoms with Gasteiger partial charge >= 0.3 is 0 Å². The fraction of sp³-hybridized carbons (Fsp3) is 0.118. The van der Waals surface area contributed by atoms with Gasteiger partial charge in [0, 0.05) is 72.7 Å². The van der Waals surface area contributed by atoms with Gasteiger partial charge in [0.05, 0.1) is 32.0 Å². The summed E-state index contributed by atoms with van der Waals surface area (Å²) in [5.74, 6) is 0. The Labute approximate surface area is 252 Å². The van der Waals surface area contributed by atoms with E-state index in [-0.39, 0.29) is 21.2 Å². The van der Waals surface area contributed by atoms with Gasteiger partial charge in [0.25, 0.3) is 11.4 Å². The number of benzene rings is 4. The van der Waals surface area contributed by atoms with E-state index in [1.165, 1.54) is 0 Å². The van der Waals surface area contributed by atoms with Gasteiger partial charge in [0.1, 0.15) is 0 Å². The number of hydrogen-bond donors (Lipinski definition) is 2. The van der Waals surface area contributed by atoms with Gasteiger partial charge in [-0.25, -0.2) is 0 Å². The third-order valence-electron chi connectivity index (χ3n) is 8.11. The number of aromatic nitrogens is 2. The SMILES string of the molecule is O=[N+]([O-])c1ccc2c(c1)c1cc[n+]2Cc2cccc(c2)C[n+]2ccc(c3cc([N+](=O)[O-])ccc32)NCc2ccc(cc2)CN1. The number of nitro groups is 2. The smallest absolute Gasteiger partial charge is 0.270 e. The summed E-state index contributed by atoms with van der Waals surface area (Å²) in [7, 11) is 0. The number of anilines is 2. The van der Waals surface area contributed by atoms with Gasteiger partial charge in [-0.3, -0.25) is 20.2 Å². The molecule has 4 aliphatic heterocycles. The fourth-order valence-electron chi connectivity index (χ4n) is 5.85. The summed E-state index contributed by atoms with van der Waals surface area (Å²) in [6, 6.07) is 30.4. The van der Waals surface area contributed by atoms with E-state index < -0.39 is 0 Å². The summed E-state index contributed by atoms with van der Waals surface area (Å²) >= 11 is 0. The van der Waals surface area contributed by atoms with Crippen molar-refractivity contribution in [2.45, 2.75) is 26.2 Å². The van der Waals surface area contributed by atoms with E-state index in [0.29, 0.717) is 26.2 Å². The van der Waals surface area contributed by atoms with E-state index in [1.54, 1.807) is 24.3 Å².